The lowest BCUT2D eigenvalue weighted by Gasteiger charge is -2.18. The van der Waals surface area contributed by atoms with Gasteiger partial charge in [0.2, 0.25) is 0 Å². The van der Waals surface area contributed by atoms with E-state index in [1.807, 2.05) is 48.5 Å². The van der Waals surface area contributed by atoms with E-state index in [9.17, 15) is 9.59 Å². The van der Waals surface area contributed by atoms with Gasteiger partial charge in [-0.2, -0.15) is 5.10 Å². The van der Waals surface area contributed by atoms with Crippen molar-refractivity contribution in [2.75, 3.05) is 5.32 Å². The van der Waals surface area contributed by atoms with Crippen LogP contribution in [0.25, 0.3) is 0 Å². The highest BCUT2D eigenvalue weighted by molar-refractivity contribution is 6.00. The molecule has 144 valence electrons. The van der Waals surface area contributed by atoms with Crippen molar-refractivity contribution < 1.29 is 9.59 Å². The quantitative estimate of drug-likeness (QED) is 0.587. The van der Waals surface area contributed by atoms with Crippen molar-refractivity contribution in [2.24, 2.45) is 5.92 Å². The number of nitrogens with one attached hydrogen (secondary N) is 3. The Hall–Kier alpha value is -3.41. The van der Waals surface area contributed by atoms with Gasteiger partial charge in [-0.1, -0.05) is 62.4 Å². The highest BCUT2D eigenvalue weighted by atomic mass is 16.2. The third-order valence-electron chi connectivity index (χ3n) is 4.20. The lowest BCUT2D eigenvalue weighted by molar-refractivity contribution is -0.118. The molecule has 0 saturated carbocycles. The third kappa shape index (κ3) is 5.07. The molecule has 0 spiro atoms. The van der Waals surface area contributed by atoms with Crippen molar-refractivity contribution >= 4 is 17.5 Å². The summed E-state index contributed by atoms with van der Waals surface area (Å²) in [6, 6.07) is 19.2. The topological polar surface area (TPSA) is 86.9 Å². The molecule has 2 aromatic carbocycles. The molecule has 0 radical (unpaired) electrons. The molecule has 0 bridgehead atoms. The van der Waals surface area contributed by atoms with Gasteiger partial charge in [0.15, 0.2) is 0 Å². The molecular formula is C22H24N4O2. The number of carbonyl (C=O) groups excluding carboxylic acids is 2. The molecular weight excluding hydrogens is 352 g/mol. The smallest absolute Gasteiger partial charge is 0.272 e. The van der Waals surface area contributed by atoms with E-state index < -0.39 is 11.9 Å². The largest absolute Gasteiger partial charge is 0.335 e. The second-order valence-corrected chi connectivity index (χ2v) is 7.05. The Morgan fingerprint density at radius 2 is 1.64 bits per heavy atom. The summed E-state index contributed by atoms with van der Waals surface area (Å²) in [4.78, 5) is 25.6. The Morgan fingerprint density at radius 1 is 1.00 bits per heavy atom. The van der Waals surface area contributed by atoms with Gasteiger partial charge in [-0.3, -0.25) is 14.7 Å². The Balaban J connectivity index is 1.78. The number of hydrogen-bond donors (Lipinski definition) is 3. The summed E-state index contributed by atoms with van der Waals surface area (Å²) >= 11 is 0. The first-order valence-corrected chi connectivity index (χ1v) is 9.29. The van der Waals surface area contributed by atoms with Gasteiger partial charge in [0.25, 0.3) is 11.8 Å². The number of para-hydroxylation sites is 1. The number of hydrogen-bond acceptors (Lipinski definition) is 3. The number of carbonyl (C=O) groups is 2. The SMILES string of the molecule is CC(C)Cc1cc(C(=O)NC(C(=O)Nc2ccccc2)c2ccccc2)n[nH]1. The van der Waals surface area contributed by atoms with Crippen LogP contribution in [0.2, 0.25) is 0 Å². The van der Waals surface area contributed by atoms with Crippen LogP contribution in [0.15, 0.2) is 66.7 Å². The summed E-state index contributed by atoms with van der Waals surface area (Å²) in [7, 11) is 0. The molecule has 1 unspecified atom stereocenters. The van der Waals surface area contributed by atoms with Crippen molar-refractivity contribution in [1.82, 2.24) is 15.5 Å². The molecule has 0 aliphatic rings. The lowest BCUT2D eigenvalue weighted by atomic mass is 10.1. The van der Waals surface area contributed by atoms with Gasteiger partial charge in [0, 0.05) is 11.4 Å². The Labute approximate surface area is 164 Å². The van der Waals surface area contributed by atoms with Crippen molar-refractivity contribution in [2.45, 2.75) is 26.3 Å². The fourth-order valence-corrected chi connectivity index (χ4v) is 2.91. The number of benzene rings is 2. The standard InChI is InChI=1S/C22H24N4O2/c1-15(2)13-18-14-19(26-25-18)21(27)24-20(16-9-5-3-6-10-16)22(28)23-17-11-7-4-8-12-17/h3-12,14-15,20H,13H2,1-2H3,(H,23,28)(H,24,27)(H,25,26). The summed E-state index contributed by atoms with van der Waals surface area (Å²) in [5, 5.41) is 12.6. The van der Waals surface area contributed by atoms with Crippen molar-refractivity contribution in [3.05, 3.63) is 83.7 Å². The molecule has 1 heterocycles. The molecule has 2 amide bonds. The maximum atomic E-state index is 12.9. The van der Waals surface area contributed by atoms with E-state index in [0.717, 1.165) is 12.1 Å². The van der Waals surface area contributed by atoms with Gasteiger partial charge in [-0.15, -0.1) is 0 Å². The van der Waals surface area contributed by atoms with Gasteiger partial charge >= 0.3 is 0 Å². The molecule has 28 heavy (non-hydrogen) atoms. The van der Waals surface area contributed by atoms with Crippen LogP contribution in [-0.4, -0.2) is 22.0 Å². The molecule has 1 aromatic heterocycles. The van der Waals surface area contributed by atoms with Crippen molar-refractivity contribution in [1.29, 1.82) is 0 Å². The molecule has 3 N–H and O–H groups in total. The van der Waals surface area contributed by atoms with Gasteiger partial charge in [0.05, 0.1) is 0 Å². The highest BCUT2D eigenvalue weighted by Crippen LogP contribution is 2.17. The Bertz CT molecular complexity index is 920. The molecule has 3 rings (SSSR count). The Morgan fingerprint density at radius 3 is 2.29 bits per heavy atom. The van der Waals surface area contributed by atoms with E-state index in [1.54, 1.807) is 18.2 Å². The highest BCUT2D eigenvalue weighted by Gasteiger charge is 2.24. The zero-order valence-electron chi connectivity index (χ0n) is 16.0. The average Bonchev–Trinajstić information content (AvgIpc) is 3.15. The van der Waals surface area contributed by atoms with Crippen LogP contribution in [0.1, 0.15) is 41.6 Å². The van der Waals surface area contributed by atoms with Gasteiger partial charge in [-0.25, -0.2) is 0 Å². The van der Waals surface area contributed by atoms with E-state index in [2.05, 4.69) is 34.7 Å². The van der Waals surface area contributed by atoms with Gasteiger partial charge in [0.1, 0.15) is 11.7 Å². The number of nitrogens with zero attached hydrogens (tertiary/aromatic N) is 1. The zero-order valence-corrected chi connectivity index (χ0v) is 16.0. The van der Waals surface area contributed by atoms with E-state index >= 15 is 0 Å². The van der Waals surface area contributed by atoms with Crippen LogP contribution in [0.4, 0.5) is 5.69 Å². The zero-order chi connectivity index (χ0) is 19.9. The fraction of sp³-hybridized carbons (Fsp3) is 0.227. The number of H-pyrrole nitrogens is 1. The van der Waals surface area contributed by atoms with Crippen LogP contribution in [0.3, 0.4) is 0 Å². The molecule has 0 aliphatic heterocycles. The van der Waals surface area contributed by atoms with E-state index in [0.29, 0.717) is 17.2 Å². The summed E-state index contributed by atoms with van der Waals surface area (Å²) < 4.78 is 0. The predicted octanol–water partition coefficient (Wildman–Crippen LogP) is 3.72. The Kier molecular flexibility index (Phi) is 6.22. The number of aromatic nitrogens is 2. The minimum atomic E-state index is -0.834. The van der Waals surface area contributed by atoms with Crippen LogP contribution in [-0.2, 0) is 11.2 Å². The maximum Gasteiger partial charge on any atom is 0.272 e. The van der Waals surface area contributed by atoms with Crippen molar-refractivity contribution in [3.63, 3.8) is 0 Å². The van der Waals surface area contributed by atoms with E-state index in [1.165, 1.54) is 0 Å². The van der Waals surface area contributed by atoms with E-state index in [4.69, 9.17) is 0 Å². The molecule has 0 fully saturated rings. The first-order chi connectivity index (χ1) is 13.5. The third-order valence-corrected chi connectivity index (χ3v) is 4.20. The minimum Gasteiger partial charge on any atom is -0.335 e. The fourth-order valence-electron chi connectivity index (χ4n) is 2.91. The second-order valence-electron chi connectivity index (χ2n) is 7.05. The predicted molar refractivity (Wildman–Crippen MR) is 109 cm³/mol. The summed E-state index contributed by atoms with van der Waals surface area (Å²) in [6.07, 6.45) is 0.802. The maximum absolute atomic E-state index is 12.9. The molecule has 0 aliphatic carbocycles. The minimum absolute atomic E-state index is 0.268. The van der Waals surface area contributed by atoms with Crippen LogP contribution < -0.4 is 10.6 Å². The van der Waals surface area contributed by atoms with Crippen molar-refractivity contribution in [3.8, 4) is 0 Å². The lowest BCUT2D eigenvalue weighted by Crippen LogP contribution is -2.37. The molecule has 6 nitrogen and oxygen atoms in total. The van der Waals surface area contributed by atoms with Crippen LogP contribution in [0, 0.1) is 5.92 Å². The second kappa shape index (κ2) is 8.99. The van der Waals surface area contributed by atoms with Crippen LogP contribution >= 0.6 is 0 Å². The summed E-state index contributed by atoms with van der Waals surface area (Å²) in [5.74, 6) is -0.267. The van der Waals surface area contributed by atoms with Gasteiger partial charge < -0.3 is 10.6 Å². The normalized spacial score (nSPS) is 11.8. The molecule has 1 atom stereocenters. The average molecular weight is 376 g/mol. The van der Waals surface area contributed by atoms with E-state index in [-0.39, 0.29) is 11.6 Å². The molecule has 0 saturated heterocycles. The molecule has 3 aromatic rings. The van der Waals surface area contributed by atoms with Gasteiger partial charge in [-0.05, 0) is 36.1 Å². The first kappa shape index (κ1) is 19.4. The number of amides is 2. The number of aromatic amines is 1. The van der Waals surface area contributed by atoms with Crippen LogP contribution in [0.5, 0.6) is 0 Å². The number of rotatable bonds is 7. The molecule has 6 heteroatoms. The number of anilines is 1. The summed E-state index contributed by atoms with van der Waals surface area (Å²) in [6.45, 7) is 4.19. The first-order valence-electron chi connectivity index (χ1n) is 9.29. The summed E-state index contributed by atoms with van der Waals surface area (Å²) in [5.41, 5.74) is 2.53. The monoisotopic (exact) mass is 376 g/mol.